The first-order valence-corrected chi connectivity index (χ1v) is 9.82. The van der Waals surface area contributed by atoms with E-state index in [2.05, 4.69) is 31.8 Å². The van der Waals surface area contributed by atoms with Crippen LogP contribution in [-0.4, -0.2) is 38.2 Å². The van der Waals surface area contributed by atoms with Crippen LogP contribution in [0.2, 0.25) is 0 Å². The minimum atomic E-state index is -0.406. The zero-order valence-corrected chi connectivity index (χ0v) is 18.5. The second-order valence-corrected chi connectivity index (χ2v) is 7.63. The van der Waals surface area contributed by atoms with E-state index in [-0.39, 0.29) is 18.9 Å². The summed E-state index contributed by atoms with van der Waals surface area (Å²) in [5.41, 5.74) is 5.71. The Hall–Kier alpha value is -2.87. The maximum atomic E-state index is 12.1. The Morgan fingerprint density at radius 3 is 2.41 bits per heavy atom. The van der Waals surface area contributed by atoms with Crippen molar-refractivity contribution in [2.75, 3.05) is 30.9 Å². The number of aryl methyl sites for hydroxylation is 1. The number of amides is 2. The van der Waals surface area contributed by atoms with Crippen molar-refractivity contribution in [3.8, 4) is 5.75 Å². The van der Waals surface area contributed by atoms with Crippen LogP contribution in [0.5, 0.6) is 5.75 Å². The predicted molar refractivity (Wildman–Crippen MR) is 120 cm³/mol. The summed E-state index contributed by atoms with van der Waals surface area (Å²) in [5, 5.41) is 6.75. The SMILES string of the molecule is C/C(CC(=O)Nc1ccc(N(C)C)cc1)=N/NC(=O)COc1ccc(C)cc1Br. The zero-order valence-electron chi connectivity index (χ0n) is 17.0. The van der Waals surface area contributed by atoms with Crippen molar-refractivity contribution in [1.82, 2.24) is 5.43 Å². The molecular formula is C21H25BrN4O3. The quantitative estimate of drug-likeness (QED) is 0.464. The summed E-state index contributed by atoms with van der Waals surface area (Å²) in [7, 11) is 3.90. The summed E-state index contributed by atoms with van der Waals surface area (Å²) in [5.74, 6) is -0.0411. The Labute approximate surface area is 179 Å². The van der Waals surface area contributed by atoms with Crippen LogP contribution < -0.4 is 20.4 Å². The van der Waals surface area contributed by atoms with E-state index in [1.165, 1.54) is 0 Å². The Bertz CT molecular complexity index is 895. The third-order valence-corrected chi connectivity index (χ3v) is 4.52. The van der Waals surface area contributed by atoms with Crippen LogP contribution >= 0.6 is 15.9 Å². The molecule has 154 valence electrons. The molecule has 0 saturated heterocycles. The predicted octanol–water partition coefficient (Wildman–Crippen LogP) is 3.72. The number of ether oxygens (including phenoxy) is 1. The van der Waals surface area contributed by atoms with Gasteiger partial charge < -0.3 is 15.0 Å². The Morgan fingerprint density at radius 1 is 1.10 bits per heavy atom. The molecule has 0 aliphatic heterocycles. The number of nitrogens with one attached hydrogen (secondary N) is 2. The molecule has 2 N–H and O–H groups in total. The van der Waals surface area contributed by atoms with Gasteiger partial charge in [-0.3, -0.25) is 9.59 Å². The maximum absolute atomic E-state index is 12.1. The average Bonchev–Trinajstić information content (AvgIpc) is 2.66. The van der Waals surface area contributed by atoms with Crippen molar-refractivity contribution >= 4 is 44.8 Å². The van der Waals surface area contributed by atoms with E-state index < -0.39 is 5.91 Å². The molecule has 2 amide bonds. The standard InChI is InChI=1S/C21H25BrN4O3/c1-14-5-10-19(18(22)11-14)29-13-21(28)25-24-15(2)12-20(27)23-16-6-8-17(9-7-16)26(3)4/h5-11H,12-13H2,1-4H3,(H,23,27)(H,25,28)/b24-15-. The number of benzene rings is 2. The molecule has 0 spiro atoms. The molecule has 8 heteroatoms. The van der Waals surface area contributed by atoms with Gasteiger partial charge in [-0.25, -0.2) is 5.43 Å². The number of carbonyl (C=O) groups is 2. The van der Waals surface area contributed by atoms with Crippen molar-refractivity contribution in [3.05, 3.63) is 52.5 Å². The molecule has 7 nitrogen and oxygen atoms in total. The number of rotatable bonds is 8. The molecule has 2 rings (SSSR count). The van der Waals surface area contributed by atoms with E-state index in [1.807, 2.05) is 62.3 Å². The van der Waals surface area contributed by atoms with E-state index in [1.54, 1.807) is 13.0 Å². The van der Waals surface area contributed by atoms with Crippen molar-refractivity contribution < 1.29 is 14.3 Å². The lowest BCUT2D eigenvalue weighted by Crippen LogP contribution is -2.26. The van der Waals surface area contributed by atoms with E-state index in [0.29, 0.717) is 17.1 Å². The Morgan fingerprint density at radius 2 is 1.79 bits per heavy atom. The Kier molecular flexibility index (Phi) is 8.21. The van der Waals surface area contributed by atoms with E-state index >= 15 is 0 Å². The van der Waals surface area contributed by atoms with Gasteiger partial charge in [0.05, 0.1) is 10.9 Å². The number of carbonyl (C=O) groups excluding carboxylic acids is 2. The average molecular weight is 461 g/mol. The van der Waals surface area contributed by atoms with Gasteiger partial charge in [0.15, 0.2) is 6.61 Å². The normalized spacial score (nSPS) is 11.0. The van der Waals surface area contributed by atoms with Crippen molar-refractivity contribution in [2.45, 2.75) is 20.3 Å². The first-order chi connectivity index (χ1) is 13.7. The number of anilines is 2. The van der Waals surface area contributed by atoms with Crippen molar-refractivity contribution in [3.63, 3.8) is 0 Å². The van der Waals surface area contributed by atoms with Gasteiger partial charge in [-0.05, 0) is 71.7 Å². The number of hydrogen-bond donors (Lipinski definition) is 2. The van der Waals surface area contributed by atoms with Gasteiger partial charge in [0.1, 0.15) is 5.75 Å². The largest absolute Gasteiger partial charge is 0.483 e. The summed E-state index contributed by atoms with van der Waals surface area (Å²) in [6.07, 6.45) is 0.0695. The number of hydrazone groups is 1. The molecule has 2 aromatic rings. The van der Waals surface area contributed by atoms with Crippen LogP contribution in [0, 0.1) is 6.92 Å². The highest BCUT2D eigenvalue weighted by atomic mass is 79.9. The minimum Gasteiger partial charge on any atom is -0.483 e. The molecule has 0 bridgehead atoms. The highest BCUT2D eigenvalue weighted by Gasteiger charge is 2.08. The minimum absolute atomic E-state index is 0.0695. The lowest BCUT2D eigenvalue weighted by Gasteiger charge is -2.13. The van der Waals surface area contributed by atoms with E-state index in [9.17, 15) is 9.59 Å². The fourth-order valence-electron chi connectivity index (χ4n) is 2.38. The third kappa shape index (κ3) is 7.57. The lowest BCUT2D eigenvalue weighted by molar-refractivity contribution is -0.123. The molecule has 0 aliphatic carbocycles. The summed E-state index contributed by atoms with van der Waals surface area (Å²) in [6, 6.07) is 13.1. The molecule has 0 radical (unpaired) electrons. The van der Waals surface area contributed by atoms with Crippen LogP contribution in [0.3, 0.4) is 0 Å². The smallest absolute Gasteiger partial charge is 0.277 e. The highest BCUT2D eigenvalue weighted by molar-refractivity contribution is 9.10. The van der Waals surface area contributed by atoms with Gasteiger partial charge in [0.25, 0.3) is 5.91 Å². The fourth-order valence-corrected chi connectivity index (χ4v) is 2.98. The van der Waals surface area contributed by atoms with Crippen molar-refractivity contribution in [1.29, 1.82) is 0 Å². The van der Waals surface area contributed by atoms with E-state index in [0.717, 1.165) is 15.7 Å². The molecule has 0 fully saturated rings. The zero-order chi connectivity index (χ0) is 21.4. The molecular weight excluding hydrogens is 436 g/mol. The number of nitrogens with zero attached hydrogens (tertiary/aromatic N) is 2. The van der Waals surface area contributed by atoms with Gasteiger partial charge in [0.2, 0.25) is 5.91 Å². The van der Waals surface area contributed by atoms with Gasteiger partial charge in [-0.2, -0.15) is 5.10 Å². The van der Waals surface area contributed by atoms with Crippen LogP contribution in [0.4, 0.5) is 11.4 Å². The molecule has 29 heavy (non-hydrogen) atoms. The lowest BCUT2D eigenvalue weighted by atomic mass is 10.2. The molecule has 0 aromatic heterocycles. The monoisotopic (exact) mass is 460 g/mol. The van der Waals surface area contributed by atoms with Gasteiger partial charge >= 0.3 is 0 Å². The highest BCUT2D eigenvalue weighted by Crippen LogP contribution is 2.25. The topological polar surface area (TPSA) is 83.0 Å². The van der Waals surface area contributed by atoms with Crippen molar-refractivity contribution in [2.24, 2.45) is 5.10 Å². The second kappa shape index (κ2) is 10.6. The maximum Gasteiger partial charge on any atom is 0.277 e. The molecule has 0 heterocycles. The Balaban J connectivity index is 1.78. The molecule has 0 saturated carbocycles. The third-order valence-electron chi connectivity index (χ3n) is 3.90. The summed E-state index contributed by atoms with van der Waals surface area (Å²) >= 11 is 3.39. The molecule has 2 aromatic carbocycles. The number of hydrogen-bond acceptors (Lipinski definition) is 5. The molecule has 0 aliphatic rings. The van der Waals surface area contributed by atoms with Gasteiger partial charge in [0, 0.05) is 31.2 Å². The van der Waals surface area contributed by atoms with Crippen LogP contribution in [0.15, 0.2) is 52.0 Å². The number of halogens is 1. The van der Waals surface area contributed by atoms with Gasteiger partial charge in [-0.1, -0.05) is 6.07 Å². The summed E-state index contributed by atoms with van der Waals surface area (Å²) in [4.78, 5) is 26.0. The second-order valence-electron chi connectivity index (χ2n) is 6.77. The van der Waals surface area contributed by atoms with Gasteiger partial charge in [-0.15, -0.1) is 0 Å². The first-order valence-electron chi connectivity index (χ1n) is 9.03. The van der Waals surface area contributed by atoms with Crippen LogP contribution in [0.25, 0.3) is 0 Å². The summed E-state index contributed by atoms with van der Waals surface area (Å²) < 4.78 is 6.24. The molecule has 0 unspecified atom stereocenters. The van der Waals surface area contributed by atoms with Crippen LogP contribution in [-0.2, 0) is 9.59 Å². The van der Waals surface area contributed by atoms with E-state index in [4.69, 9.17) is 4.74 Å². The molecule has 0 atom stereocenters. The fraction of sp³-hybridized carbons (Fsp3) is 0.286. The first kappa shape index (κ1) is 22.4. The summed E-state index contributed by atoms with van der Waals surface area (Å²) in [6.45, 7) is 3.46. The van der Waals surface area contributed by atoms with Crippen LogP contribution in [0.1, 0.15) is 18.9 Å².